The van der Waals surface area contributed by atoms with Crippen molar-refractivity contribution in [2.75, 3.05) is 0 Å². The van der Waals surface area contributed by atoms with E-state index in [-0.39, 0.29) is 32.6 Å². The van der Waals surface area contributed by atoms with Gasteiger partial charge in [0.05, 0.1) is 0 Å². The normalized spacial score (nSPS) is 12.4. The summed E-state index contributed by atoms with van der Waals surface area (Å²) in [7, 11) is 0. The van der Waals surface area contributed by atoms with Crippen LogP contribution in [-0.4, -0.2) is 12.1 Å². The van der Waals surface area contributed by atoms with Crippen LogP contribution < -0.4 is 0 Å². The van der Waals surface area contributed by atoms with Crippen molar-refractivity contribution in [3.63, 3.8) is 0 Å². The minimum atomic E-state index is -0.436. The molecule has 0 heterocycles. The molecule has 0 saturated carbocycles. The Hall–Kier alpha value is -0.752. The quantitative estimate of drug-likeness (QED) is 0.524. The van der Waals surface area contributed by atoms with E-state index in [2.05, 4.69) is 39.8 Å². The molecule has 0 aromatic heterocycles. The van der Waals surface area contributed by atoms with Crippen molar-refractivity contribution in [1.82, 2.24) is 0 Å². The molecule has 0 saturated heterocycles. The minimum Gasteiger partial charge on any atom is -0.485 e. The molecule has 0 amide bonds. The summed E-state index contributed by atoms with van der Waals surface area (Å²) in [6, 6.07) is 10.4. The predicted octanol–water partition coefficient (Wildman–Crippen LogP) is 3.80. The molecule has 3 heteroatoms. The summed E-state index contributed by atoms with van der Waals surface area (Å²) in [6.07, 6.45) is 2.84. The van der Waals surface area contributed by atoms with E-state index in [1.165, 1.54) is 5.56 Å². The second-order valence-corrected chi connectivity index (χ2v) is 5.72. The molecule has 1 atom stereocenters. The number of hydrogen-bond acceptors (Lipinski definition) is 2. The van der Waals surface area contributed by atoms with Crippen LogP contribution in [0, 0.1) is 12.3 Å². The molecular weight excluding hydrogens is 408 g/mol. The molecule has 0 aliphatic heterocycles. The molecule has 0 spiro atoms. The van der Waals surface area contributed by atoms with E-state index in [9.17, 15) is 4.79 Å². The van der Waals surface area contributed by atoms with Gasteiger partial charge in [0.1, 0.15) is 6.10 Å². The van der Waals surface area contributed by atoms with E-state index in [0.717, 1.165) is 19.3 Å². The van der Waals surface area contributed by atoms with E-state index in [1.54, 1.807) is 0 Å². The zero-order chi connectivity index (χ0) is 13.6. The molecule has 106 valence electrons. The Balaban J connectivity index is 0.00000324. The van der Waals surface area contributed by atoms with Gasteiger partial charge in [0, 0.05) is 21.1 Å². The van der Waals surface area contributed by atoms with Gasteiger partial charge in [-0.05, 0) is 30.2 Å². The predicted molar refractivity (Wildman–Crippen MR) is 74.1 cm³/mol. The number of ether oxygens (including phenoxy) is 1. The molecule has 0 aliphatic rings. The van der Waals surface area contributed by atoms with Crippen LogP contribution in [-0.2, 0) is 37.0 Å². The Morgan fingerprint density at radius 2 is 1.84 bits per heavy atom. The zero-order valence-electron chi connectivity index (χ0n) is 12.0. The third-order valence-electron chi connectivity index (χ3n) is 3.01. The SMILES string of the molecule is [CH2-]C(=O)O[C@H](CCCc1ccccc1)C(C)(C)C.[W]. The van der Waals surface area contributed by atoms with Crippen LogP contribution in [0.2, 0.25) is 0 Å². The van der Waals surface area contributed by atoms with E-state index in [1.807, 2.05) is 18.2 Å². The molecule has 19 heavy (non-hydrogen) atoms. The van der Waals surface area contributed by atoms with E-state index in [0.29, 0.717) is 0 Å². The first-order valence-electron chi connectivity index (χ1n) is 6.46. The first-order valence-corrected chi connectivity index (χ1v) is 6.46. The average Bonchev–Trinajstić information content (AvgIpc) is 2.27. The van der Waals surface area contributed by atoms with Crippen LogP contribution in [0.5, 0.6) is 0 Å². The second kappa shape index (κ2) is 8.43. The molecule has 0 N–H and O–H groups in total. The van der Waals surface area contributed by atoms with Crippen molar-refractivity contribution in [3.05, 3.63) is 42.8 Å². The summed E-state index contributed by atoms with van der Waals surface area (Å²) in [5.74, 6) is -0.436. The van der Waals surface area contributed by atoms with E-state index in [4.69, 9.17) is 4.74 Å². The standard InChI is InChI=1S/C16H23O2.W/c1-13(17)18-15(16(2,3)4)12-8-11-14-9-6-5-7-10-14;/h5-7,9-10,15H,1,8,11-12H2,2-4H3;/q-1;/t15-;/m1./s1. The smallest absolute Gasteiger partial charge is 0.164 e. The Labute approximate surface area is 131 Å². The molecule has 1 aromatic carbocycles. The van der Waals surface area contributed by atoms with Crippen LogP contribution in [0.4, 0.5) is 0 Å². The monoisotopic (exact) mass is 431 g/mol. The molecule has 0 unspecified atom stereocenters. The topological polar surface area (TPSA) is 26.3 Å². The fourth-order valence-electron chi connectivity index (χ4n) is 1.96. The Morgan fingerprint density at radius 1 is 1.26 bits per heavy atom. The number of carbonyl (C=O) groups excluding carboxylic acids is 1. The fourth-order valence-corrected chi connectivity index (χ4v) is 1.96. The third kappa shape index (κ3) is 7.42. The number of rotatable bonds is 5. The number of esters is 1. The number of benzene rings is 1. The maximum atomic E-state index is 11.0. The summed E-state index contributed by atoms with van der Waals surface area (Å²) in [5.41, 5.74) is 1.29. The summed E-state index contributed by atoms with van der Waals surface area (Å²) < 4.78 is 5.30. The number of aryl methyl sites for hydroxylation is 1. The van der Waals surface area contributed by atoms with Crippen LogP contribution in [0.25, 0.3) is 0 Å². The van der Waals surface area contributed by atoms with Crippen LogP contribution in [0.3, 0.4) is 0 Å². The second-order valence-electron chi connectivity index (χ2n) is 5.72. The van der Waals surface area contributed by atoms with Crippen LogP contribution in [0.1, 0.15) is 39.2 Å². The Bertz CT molecular complexity index is 368. The number of hydrogen-bond donors (Lipinski definition) is 0. The molecule has 2 nitrogen and oxygen atoms in total. The third-order valence-corrected chi connectivity index (χ3v) is 3.01. The molecule has 0 radical (unpaired) electrons. The molecule has 0 fully saturated rings. The van der Waals surface area contributed by atoms with Gasteiger partial charge >= 0.3 is 0 Å². The van der Waals surface area contributed by atoms with Crippen molar-refractivity contribution < 1.29 is 30.6 Å². The average molecular weight is 431 g/mol. The maximum Gasteiger partial charge on any atom is 0.164 e. The van der Waals surface area contributed by atoms with Gasteiger partial charge in [-0.3, -0.25) is 11.7 Å². The van der Waals surface area contributed by atoms with Gasteiger partial charge in [0.15, 0.2) is 5.97 Å². The molecular formula is C16H23O2W-. The van der Waals surface area contributed by atoms with Crippen molar-refractivity contribution in [3.8, 4) is 0 Å². The molecule has 0 bridgehead atoms. The molecule has 1 rings (SSSR count). The Morgan fingerprint density at radius 3 is 2.32 bits per heavy atom. The van der Waals surface area contributed by atoms with E-state index < -0.39 is 5.97 Å². The van der Waals surface area contributed by atoms with Crippen molar-refractivity contribution in [2.24, 2.45) is 5.41 Å². The van der Waals surface area contributed by atoms with Crippen molar-refractivity contribution in [1.29, 1.82) is 0 Å². The minimum absolute atomic E-state index is 0. The van der Waals surface area contributed by atoms with Gasteiger partial charge in [-0.25, -0.2) is 0 Å². The van der Waals surface area contributed by atoms with E-state index >= 15 is 0 Å². The molecule has 1 aromatic rings. The van der Waals surface area contributed by atoms with Crippen molar-refractivity contribution in [2.45, 2.75) is 46.1 Å². The summed E-state index contributed by atoms with van der Waals surface area (Å²) in [4.78, 5) is 11.0. The zero-order valence-corrected chi connectivity index (χ0v) is 15.0. The molecule has 0 aliphatic carbocycles. The summed E-state index contributed by atoms with van der Waals surface area (Å²) in [6.45, 7) is 9.56. The largest absolute Gasteiger partial charge is 0.485 e. The fraction of sp³-hybridized carbons (Fsp3) is 0.500. The van der Waals surface area contributed by atoms with Gasteiger partial charge in [-0.2, -0.15) is 0 Å². The first-order chi connectivity index (χ1) is 8.39. The van der Waals surface area contributed by atoms with Crippen LogP contribution >= 0.6 is 0 Å². The summed E-state index contributed by atoms with van der Waals surface area (Å²) in [5, 5.41) is 0. The summed E-state index contributed by atoms with van der Waals surface area (Å²) >= 11 is 0. The van der Waals surface area contributed by atoms with Gasteiger partial charge in [-0.1, -0.05) is 51.1 Å². The number of carbonyl (C=O) groups is 1. The van der Waals surface area contributed by atoms with Crippen LogP contribution in [0.15, 0.2) is 30.3 Å². The maximum absolute atomic E-state index is 11.0. The van der Waals surface area contributed by atoms with Gasteiger partial charge < -0.3 is 4.74 Å². The van der Waals surface area contributed by atoms with Crippen molar-refractivity contribution >= 4 is 5.97 Å². The van der Waals surface area contributed by atoms with Gasteiger partial charge in [-0.15, -0.1) is 0 Å². The Kier molecular flexibility index (Phi) is 8.09. The first kappa shape index (κ1) is 18.2. The van der Waals surface area contributed by atoms with Gasteiger partial charge in [0.2, 0.25) is 0 Å². The van der Waals surface area contributed by atoms with Gasteiger partial charge in [0.25, 0.3) is 0 Å².